The van der Waals surface area contributed by atoms with Crippen LogP contribution < -0.4 is 10.9 Å². The molecule has 1 aromatic heterocycles. The summed E-state index contributed by atoms with van der Waals surface area (Å²) in [5.74, 6) is 0.247. The average molecular weight is 441 g/mol. The molecule has 0 saturated carbocycles. The van der Waals surface area contributed by atoms with Gasteiger partial charge < -0.3 is 14.6 Å². The van der Waals surface area contributed by atoms with Gasteiger partial charge in [0.1, 0.15) is 5.60 Å². The maximum Gasteiger partial charge on any atom is 0.407 e. The fourth-order valence-electron chi connectivity index (χ4n) is 3.60. The molecule has 3 rings (SSSR count). The van der Waals surface area contributed by atoms with Crippen molar-refractivity contribution in [2.24, 2.45) is 5.92 Å². The topological polar surface area (TPSA) is 60.3 Å². The van der Waals surface area contributed by atoms with E-state index in [4.69, 9.17) is 16.3 Å². The molecule has 0 spiro atoms. The molecule has 0 fully saturated rings. The van der Waals surface area contributed by atoms with Gasteiger partial charge in [-0.2, -0.15) is 0 Å². The fourth-order valence-corrected chi connectivity index (χ4v) is 3.72. The summed E-state index contributed by atoms with van der Waals surface area (Å²) in [6, 6.07) is 15.1. The second kappa shape index (κ2) is 9.15. The maximum absolute atomic E-state index is 13.4. The number of ether oxygens (including phenoxy) is 1. The Morgan fingerprint density at radius 1 is 1.06 bits per heavy atom. The molecule has 0 aliphatic rings. The minimum atomic E-state index is -0.607. The third kappa shape index (κ3) is 5.47. The van der Waals surface area contributed by atoms with E-state index in [2.05, 4.69) is 19.2 Å². The Kier molecular flexibility index (Phi) is 6.75. The van der Waals surface area contributed by atoms with Gasteiger partial charge in [0.2, 0.25) is 0 Å². The average Bonchev–Trinajstić information content (AvgIpc) is 2.68. The molecule has 0 saturated heterocycles. The lowest BCUT2D eigenvalue weighted by Crippen LogP contribution is -2.35. The minimum absolute atomic E-state index is 0.0667. The summed E-state index contributed by atoms with van der Waals surface area (Å²) < 4.78 is 7.18. The Labute approximate surface area is 188 Å². The van der Waals surface area contributed by atoms with Crippen LogP contribution in [-0.4, -0.2) is 16.3 Å². The summed E-state index contributed by atoms with van der Waals surface area (Å²) in [5.41, 5.74) is 1.90. The zero-order chi connectivity index (χ0) is 22.8. The maximum atomic E-state index is 13.4. The second-order valence-electron chi connectivity index (χ2n) is 9.04. The smallest absolute Gasteiger partial charge is 0.407 e. The summed E-state index contributed by atoms with van der Waals surface area (Å²) in [7, 11) is 0. The van der Waals surface area contributed by atoms with Gasteiger partial charge in [-0.15, -0.1) is 0 Å². The van der Waals surface area contributed by atoms with Gasteiger partial charge in [-0.3, -0.25) is 4.79 Å². The molecule has 0 aliphatic carbocycles. The zero-order valence-corrected chi connectivity index (χ0v) is 19.4. The molecule has 0 bridgehead atoms. The first-order valence-electron chi connectivity index (χ1n) is 10.4. The molecule has 31 heavy (non-hydrogen) atoms. The molecule has 1 N–H and O–H groups in total. The number of benzene rings is 2. The van der Waals surface area contributed by atoms with Crippen LogP contribution in [-0.2, 0) is 17.8 Å². The predicted octanol–water partition coefficient (Wildman–Crippen LogP) is 6.00. The molecule has 2 aromatic carbocycles. The predicted molar refractivity (Wildman–Crippen MR) is 127 cm³/mol. The summed E-state index contributed by atoms with van der Waals surface area (Å²) in [4.78, 5) is 25.8. The first-order valence-corrected chi connectivity index (χ1v) is 10.8. The lowest BCUT2D eigenvalue weighted by atomic mass is 9.96. The van der Waals surface area contributed by atoms with E-state index in [0.717, 1.165) is 22.2 Å². The number of carbonyl (C=O) groups is 1. The number of nitrogens with one attached hydrogen (secondary N) is 1. The van der Waals surface area contributed by atoms with Crippen molar-refractivity contribution in [3.05, 3.63) is 69.6 Å². The molecule has 1 heterocycles. The Hall–Kier alpha value is -2.79. The van der Waals surface area contributed by atoms with Crippen molar-refractivity contribution in [3.63, 3.8) is 0 Å². The number of pyridine rings is 1. The molecule has 1 amide bonds. The van der Waals surface area contributed by atoms with Gasteiger partial charge in [0, 0.05) is 28.2 Å². The number of hydrogen-bond acceptors (Lipinski definition) is 3. The van der Waals surface area contributed by atoms with E-state index in [1.54, 1.807) is 4.57 Å². The monoisotopic (exact) mass is 440 g/mol. The van der Waals surface area contributed by atoms with Gasteiger partial charge in [-0.25, -0.2) is 4.79 Å². The summed E-state index contributed by atoms with van der Waals surface area (Å²) in [5, 5.41) is 4.96. The van der Waals surface area contributed by atoms with Crippen LogP contribution in [0.25, 0.3) is 21.9 Å². The van der Waals surface area contributed by atoms with Crippen LogP contribution in [0, 0.1) is 5.92 Å². The number of halogens is 1. The van der Waals surface area contributed by atoms with Crippen LogP contribution in [0.15, 0.2) is 53.3 Å². The van der Waals surface area contributed by atoms with Crippen LogP contribution in [0.4, 0.5) is 4.79 Å². The zero-order valence-electron chi connectivity index (χ0n) is 18.7. The molecule has 0 aliphatic heterocycles. The van der Waals surface area contributed by atoms with Gasteiger partial charge in [0.25, 0.3) is 5.56 Å². The van der Waals surface area contributed by atoms with Gasteiger partial charge in [-0.05, 0) is 55.8 Å². The normalized spacial score (nSPS) is 11.7. The number of rotatable bonds is 5. The molecule has 5 nitrogen and oxygen atoms in total. The SMILES string of the molecule is CC(C)Cn1c(CNC(=O)OC(C)(C)C)c(-c2ccc(Cl)cc2)c2ccccc2c1=O. The third-order valence-corrected chi connectivity index (χ3v) is 5.02. The Morgan fingerprint density at radius 3 is 2.26 bits per heavy atom. The number of carbonyl (C=O) groups excluding carboxylic acids is 1. The van der Waals surface area contributed by atoms with Crippen LogP contribution in [0.5, 0.6) is 0 Å². The lowest BCUT2D eigenvalue weighted by molar-refractivity contribution is 0.0522. The highest BCUT2D eigenvalue weighted by atomic mass is 35.5. The van der Waals surface area contributed by atoms with Crippen molar-refractivity contribution in [2.45, 2.75) is 53.3 Å². The van der Waals surface area contributed by atoms with Crippen LogP contribution in [0.2, 0.25) is 5.02 Å². The molecule has 164 valence electrons. The molecule has 0 atom stereocenters. The summed E-state index contributed by atoms with van der Waals surface area (Å²) in [6.07, 6.45) is -0.522. The minimum Gasteiger partial charge on any atom is -0.444 e. The van der Waals surface area contributed by atoms with Crippen molar-refractivity contribution in [3.8, 4) is 11.1 Å². The molecule has 0 radical (unpaired) electrons. The highest BCUT2D eigenvalue weighted by Gasteiger charge is 2.21. The fraction of sp³-hybridized carbons (Fsp3) is 0.360. The van der Waals surface area contributed by atoms with E-state index in [9.17, 15) is 9.59 Å². The Bertz CT molecular complexity index is 1140. The molecular formula is C25H29ClN2O3. The highest BCUT2D eigenvalue weighted by molar-refractivity contribution is 6.30. The van der Waals surface area contributed by atoms with E-state index in [-0.39, 0.29) is 18.0 Å². The van der Waals surface area contributed by atoms with E-state index in [1.807, 2.05) is 69.3 Å². The second-order valence-corrected chi connectivity index (χ2v) is 9.48. The summed E-state index contributed by atoms with van der Waals surface area (Å²) in [6.45, 7) is 10.3. The van der Waals surface area contributed by atoms with Gasteiger partial charge in [0.05, 0.1) is 6.54 Å². The van der Waals surface area contributed by atoms with Gasteiger partial charge >= 0.3 is 6.09 Å². The van der Waals surface area contributed by atoms with E-state index < -0.39 is 11.7 Å². The van der Waals surface area contributed by atoms with Crippen LogP contribution >= 0.6 is 11.6 Å². The third-order valence-electron chi connectivity index (χ3n) is 4.77. The molecule has 0 unspecified atom stereocenters. The van der Waals surface area contributed by atoms with Gasteiger partial charge in [-0.1, -0.05) is 55.8 Å². The van der Waals surface area contributed by atoms with Crippen molar-refractivity contribution in [1.82, 2.24) is 9.88 Å². The number of hydrogen-bond donors (Lipinski definition) is 1. The van der Waals surface area contributed by atoms with Crippen molar-refractivity contribution in [2.75, 3.05) is 0 Å². The van der Waals surface area contributed by atoms with Crippen molar-refractivity contribution in [1.29, 1.82) is 0 Å². The largest absolute Gasteiger partial charge is 0.444 e. The Morgan fingerprint density at radius 2 is 1.68 bits per heavy atom. The van der Waals surface area contributed by atoms with Gasteiger partial charge in [0.15, 0.2) is 0 Å². The van der Waals surface area contributed by atoms with E-state index >= 15 is 0 Å². The summed E-state index contributed by atoms with van der Waals surface area (Å²) >= 11 is 6.12. The molecule has 3 aromatic rings. The first kappa shape index (κ1) is 22.9. The standard InChI is InChI=1S/C25H29ClN2O3/c1-16(2)15-28-21(14-27-24(30)31-25(3,4)5)22(17-10-12-18(26)13-11-17)19-8-6-7-9-20(19)23(28)29/h6-13,16H,14-15H2,1-5H3,(H,27,30). The van der Waals surface area contributed by atoms with Crippen molar-refractivity contribution >= 4 is 28.5 Å². The quantitative estimate of drug-likeness (QED) is 0.529. The number of fused-ring (bicyclic) bond motifs is 1. The number of alkyl carbamates (subject to hydrolysis) is 1. The number of amides is 1. The number of aromatic nitrogens is 1. The lowest BCUT2D eigenvalue weighted by Gasteiger charge is -2.23. The molecule has 6 heteroatoms. The van der Waals surface area contributed by atoms with Crippen LogP contribution in [0.3, 0.4) is 0 Å². The van der Waals surface area contributed by atoms with Crippen LogP contribution in [0.1, 0.15) is 40.3 Å². The first-order chi connectivity index (χ1) is 14.6. The van der Waals surface area contributed by atoms with E-state index in [1.165, 1.54) is 0 Å². The highest BCUT2D eigenvalue weighted by Crippen LogP contribution is 2.32. The molecular weight excluding hydrogens is 412 g/mol. The van der Waals surface area contributed by atoms with Crippen molar-refractivity contribution < 1.29 is 9.53 Å². The Balaban J connectivity index is 2.22. The number of nitrogens with zero attached hydrogens (tertiary/aromatic N) is 1. The van der Waals surface area contributed by atoms with E-state index in [0.29, 0.717) is 17.0 Å².